The summed E-state index contributed by atoms with van der Waals surface area (Å²) in [6.45, 7) is 9.19. The van der Waals surface area contributed by atoms with E-state index in [0.717, 1.165) is 40.7 Å². The van der Waals surface area contributed by atoms with Gasteiger partial charge in [0, 0.05) is 31.1 Å². The number of likely N-dealkylation sites (tertiary alicyclic amines) is 1. The lowest BCUT2D eigenvalue weighted by molar-refractivity contribution is -0.139. The number of para-hydroxylation sites is 1. The minimum atomic E-state index is -0.163. The molecule has 1 aliphatic rings. The van der Waals surface area contributed by atoms with Crippen LogP contribution in [0.5, 0.6) is 0 Å². The quantitative estimate of drug-likeness (QED) is 0.791. The van der Waals surface area contributed by atoms with Crippen molar-refractivity contribution >= 4 is 22.8 Å². The van der Waals surface area contributed by atoms with E-state index in [9.17, 15) is 9.59 Å². The Hall–Kier alpha value is -2.56. The number of hydrogen-bond donors (Lipinski definition) is 0. The first-order chi connectivity index (χ1) is 12.4. The van der Waals surface area contributed by atoms with E-state index in [1.807, 2.05) is 32.0 Å². The third-order valence-electron chi connectivity index (χ3n) is 5.27. The lowest BCUT2D eigenvalue weighted by Gasteiger charge is -2.33. The molecule has 5 heteroatoms. The molecule has 0 bridgehead atoms. The highest BCUT2D eigenvalue weighted by Gasteiger charge is 2.30. The molecule has 0 spiro atoms. The molecule has 0 aliphatic carbocycles. The summed E-state index contributed by atoms with van der Waals surface area (Å²) in [5.74, 6) is 0.612. The molecule has 0 radical (unpaired) electrons. The molecule has 26 heavy (non-hydrogen) atoms. The van der Waals surface area contributed by atoms with Gasteiger partial charge in [-0.1, -0.05) is 24.8 Å². The molecular weight excluding hydrogens is 328 g/mol. The number of furan rings is 1. The van der Waals surface area contributed by atoms with Gasteiger partial charge < -0.3 is 14.2 Å². The van der Waals surface area contributed by atoms with Gasteiger partial charge in [0.25, 0.3) is 0 Å². The Morgan fingerprint density at radius 3 is 2.85 bits per heavy atom. The average molecular weight is 354 g/mol. The smallest absolute Gasteiger partial charge is 0.245 e. The number of rotatable bonds is 4. The van der Waals surface area contributed by atoms with Gasteiger partial charge in [0.05, 0.1) is 12.5 Å². The zero-order chi connectivity index (χ0) is 18.8. The maximum atomic E-state index is 12.9. The van der Waals surface area contributed by atoms with E-state index >= 15 is 0 Å². The van der Waals surface area contributed by atoms with E-state index < -0.39 is 0 Å². The lowest BCUT2D eigenvalue weighted by atomic mass is 9.96. The van der Waals surface area contributed by atoms with Gasteiger partial charge in [-0.2, -0.15) is 0 Å². The molecule has 1 atom stereocenters. The second kappa shape index (κ2) is 7.36. The largest absolute Gasteiger partial charge is 0.459 e. The summed E-state index contributed by atoms with van der Waals surface area (Å²) < 4.78 is 6.04. The molecule has 1 unspecified atom stereocenters. The number of aryl methyl sites for hydroxylation is 2. The monoisotopic (exact) mass is 354 g/mol. The molecule has 2 amide bonds. The summed E-state index contributed by atoms with van der Waals surface area (Å²) in [7, 11) is 1.80. The van der Waals surface area contributed by atoms with Crippen LogP contribution in [0.4, 0.5) is 0 Å². The number of carbonyl (C=O) groups is 2. The van der Waals surface area contributed by atoms with Crippen LogP contribution < -0.4 is 0 Å². The highest BCUT2D eigenvalue weighted by Crippen LogP contribution is 2.29. The van der Waals surface area contributed by atoms with Crippen LogP contribution in [0.2, 0.25) is 0 Å². The van der Waals surface area contributed by atoms with Crippen LogP contribution in [-0.2, 0) is 16.1 Å². The van der Waals surface area contributed by atoms with Crippen molar-refractivity contribution in [2.75, 3.05) is 20.1 Å². The van der Waals surface area contributed by atoms with Gasteiger partial charge in [-0.25, -0.2) is 0 Å². The van der Waals surface area contributed by atoms with Crippen LogP contribution >= 0.6 is 0 Å². The van der Waals surface area contributed by atoms with Crippen molar-refractivity contribution in [1.82, 2.24) is 9.80 Å². The van der Waals surface area contributed by atoms with Gasteiger partial charge in [0.15, 0.2) is 0 Å². The number of hydrogen-bond acceptors (Lipinski definition) is 3. The third kappa shape index (κ3) is 3.39. The first-order valence-corrected chi connectivity index (χ1v) is 9.06. The number of piperidine rings is 1. The fourth-order valence-electron chi connectivity index (χ4n) is 3.70. The first-order valence-electron chi connectivity index (χ1n) is 9.06. The van der Waals surface area contributed by atoms with Crippen LogP contribution in [0.25, 0.3) is 11.0 Å². The van der Waals surface area contributed by atoms with Crippen LogP contribution in [-0.4, -0.2) is 41.8 Å². The third-order valence-corrected chi connectivity index (χ3v) is 5.27. The van der Waals surface area contributed by atoms with Crippen LogP contribution in [0.3, 0.4) is 0 Å². The minimum absolute atomic E-state index is 0.0585. The number of fused-ring (bicyclic) bond motifs is 1. The number of amides is 2. The van der Waals surface area contributed by atoms with Crippen molar-refractivity contribution in [3.05, 3.63) is 47.7 Å². The normalized spacial score (nSPS) is 17.3. The predicted molar refractivity (Wildman–Crippen MR) is 102 cm³/mol. The van der Waals surface area contributed by atoms with Gasteiger partial charge >= 0.3 is 0 Å². The standard InChI is InChI=1S/C21H26N2O3/c1-5-19(24)23-11-7-9-16(12-23)21(25)22(4)13-18-15(3)17-10-6-8-14(2)20(17)26-18/h5-6,8,10,16H,1,7,9,11-13H2,2-4H3. The summed E-state index contributed by atoms with van der Waals surface area (Å²) in [5, 5.41) is 1.10. The Kier molecular flexibility index (Phi) is 5.16. The van der Waals surface area contributed by atoms with E-state index in [-0.39, 0.29) is 17.7 Å². The molecule has 3 rings (SSSR count). The summed E-state index contributed by atoms with van der Waals surface area (Å²) in [6.07, 6.45) is 2.96. The van der Waals surface area contributed by atoms with Crippen molar-refractivity contribution in [1.29, 1.82) is 0 Å². The Balaban J connectivity index is 1.73. The van der Waals surface area contributed by atoms with E-state index in [1.165, 1.54) is 6.08 Å². The highest BCUT2D eigenvalue weighted by atomic mass is 16.3. The van der Waals surface area contributed by atoms with Gasteiger partial charge in [0.1, 0.15) is 11.3 Å². The van der Waals surface area contributed by atoms with Gasteiger partial charge in [-0.15, -0.1) is 0 Å². The topological polar surface area (TPSA) is 53.8 Å². The van der Waals surface area contributed by atoms with E-state index in [0.29, 0.717) is 19.6 Å². The maximum Gasteiger partial charge on any atom is 0.245 e. The molecule has 0 saturated carbocycles. The molecule has 1 aliphatic heterocycles. The van der Waals surface area contributed by atoms with E-state index in [1.54, 1.807) is 16.8 Å². The molecule has 0 N–H and O–H groups in total. The van der Waals surface area contributed by atoms with Crippen molar-refractivity contribution in [3.63, 3.8) is 0 Å². The number of carbonyl (C=O) groups excluding carboxylic acids is 2. The Morgan fingerprint density at radius 1 is 1.38 bits per heavy atom. The zero-order valence-electron chi connectivity index (χ0n) is 15.7. The second-order valence-corrected chi connectivity index (χ2v) is 7.12. The maximum absolute atomic E-state index is 12.9. The number of nitrogens with zero attached hydrogens (tertiary/aromatic N) is 2. The summed E-state index contributed by atoms with van der Waals surface area (Å²) in [4.78, 5) is 28.1. The molecule has 2 heterocycles. The predicted octanol–water partition coefficient (Wildman–Crippen LogP) is 3.43. The van der Waals surface area contributed by atoms with Crippen molar-refractivity contribution in [2.45, 2.75) is 33.2 Å². The fraction of sp³-hybridized carbons (Fsp3) is 0.429. The molecule has 2 aromatic rings. The Morgan fingerprint density at radius 2 is 2.15 bits per heavy atom. The summed E-state index contributed by atoms with van der Waals surface area (Å²) in [6, 6.07) is 6.09. The minimum Gasteiger partial charge on any atom is -0.459 e. The molecular formula is C21H26N2O3. The molecule has 1 aromatic heterocycles. The SMILES string of the molecule is C=CC(=O)N1CCCC(C(=O)N(C)Cc2oc3c(C)cccc3c2C)C1. The second-order valence-electron chi connectivity index (χ2n) is 7.12. The fourth-order valence-corrected chi connectivity index (χ4v) is 3.70. The molecule has 5 nitrogen and oxygen atoms in total. The van der Waals surface area contributed by atoms with Crippen LogP contribution in [0.1, 0.15) is 29.7 Å². The average Bonchev–Trinajstić information content (AvgIpc) is 2.98. The van der Waals surface area contributed by atoms with Gasteiger partial charge in [-0.05, 0) is 38.3 Å². The summed E-state index contributed by atoms with van der Waals surface area (Å²) >= 11 is 0. The number of benzene rings is 1. The molecule has 1 fully saturated rings. The van der Waals surface area contributed by atoms with Crippen molar-refractivity contribution < 1.29 is 14.0 Å². The molecule has 1 saturated heterocycles. The Bertz CT molecular complexity index is 852. The zero-order valence-corrected chi connectivity index (χ0v) is 15.7. The lowest BCUT2D eigenvalue weighted by Crippen LogP contribution is -2.45. The van der Waals surface area contributed by atoms with E-state index in [4.69, 9.17) is 4.42 Å². The van der Waals surface area contributed by atoms with E-state index in [2.05, 4.69) is 6.58 Å². The summed E-state index contributed by atoms with van der Waals surface area (Å²) in [5.41, 5.74) is 3.06. The van der Waals surface area contributed by atoms with Gasteiger partial charge in [0.2, 0.25) is 11.8 Å². The first kappa shape index (κ1) is 18.2. The van der Waals surface area contributed by atoms with Crippen molar-refractivity contribution in [2.24, 2.45) is 5.92 Å². The van der Waals surface area contributed by atoms with Crippen molar-refractivity contribution in [3.8, 4) is 0 Å². The van der Waals surface area contributed by atoms with Crippen LogP contribution in [0, 0.1) is 19.8 Å². The molecule has 1 aromatic carbocycles. The Labute approximate surface area is 154 Å². The molecule has 138 valence electrons. The highest BCUT2D eigenvalue weighted by molar-refractivity contribution is 5.88. The van der Waals surface area contributed by atoms with Crippen LogP contribution in [0.15, 0.2) is 35.3 Å². The van der Waals surface area contributed by atoms with Gasteiger partial charge in [-0.3, -0.25) is 9.59 Å².